The maximum atomic E-state index is 14.0. The summed E-state index contributed by atoms with van der Waals surface area (Å²) in [5, 5.41) is 16.8. The van der Waals surface area contributed by atoms with Crippen LogP contribution in [0.4, 0.5) is 15.3 Å². The number of alkyl carbamates (subject to hydrolysis) is 1. The van der Waals surface area contributed by atoms with E-state index in [0.717, 1.165) is 39.8 Å². The second kappa shape index (κ2) is 17.3. The zero-order chi connectivity index (χ0) is 40.8. The molecule has 3 aromatic carbocycles. The van der Waals surface area contributed by atoms with Gasteiger partial charge in [0.2, 0.25) is 11.8 Å². The first-order valence-corrected chi connectivity index (χ1v) is 18.8. The van der Waals surface area contributed by atoms with Crippen molar-refractivity contribution in [1.82, 2.24) is 25.6 Å². The summed E-state index contributed by atoms with van der Waals surface area (Å²) >= 11 is 0. The van der Waals surface area contributed by atoms with Gasteiger partial charge >= 0.3 is 18.2 Å². The Balaban J connectivity index is 1.30. The third-order valence-corrected chi connectivity index (χ3v) is 9.42. The van der Waals surface area contributed by atoms with Crippen LogP contribution in [0, 0.1) is 18.8 Å². The van der Waals surface area contributed by atoms with Crippen LogP contribution in [0.25, 0.3) is 22.2 Å². The van der Waals surface area contributed by atoms with Crippen LogP contribution in [0.15, 0.2) is 60.7 Å². The van der Waals surface area contributed by atoms with E-state index in [0.29, 0.717) is 41.7 Å². The number of hydrogen-bond acceptors (Lipinski definition) is 10. The number of rotatable bonds is 10. The molecule has 1 aromatic heterocycles. The number of carbonyl (C=O) groups is 5. The Morgan fingerprint density at radius 3 is 2.16 bits per heavy atom. The van der Waals surface area contributed by atoms with Gasteiger partial charge in [-0.25, -0.2) is 14.4 Å². The highest BCUT2D eigenvalue weighted by Gasteiger charge is 2.31. The van der Waals surface area contributed by atoms with Crippen molar-refractivity contribution in [3.63, 3.8) is 0 Å². The number of fused-ring (bicyclic) bond motifs is 1. The van der Waals surface area contributed by atoms with Gasteiger partial charge in [0, 0.05) is 24.6 Å². The molecule has 0 radical (unpaired) electrons. The zero-order valence-electron chi connectivity index (χ0n) is 33.4. The van der Waals surface area contributed by atoms with Crippen molar-refractivity contribution in [3.8, 4) is 11.1 Å². The molecule has 1 fully saturated rings. The van der Waals surface area contributed by atoms with Crippen LogP contribution in [-0.2, 0) is 30.2 Å². The van der Waals surface area contributed by atoms with Crippen LogP contribution < -0.4 is 16.0 Å². The van der Waals surface area contributed by atoms with E-state index in [1.54, 1.807) is 51.1 Å². The van der Waals surface area contributed by atoms with Crippen LogP contribution in [0.1, 0.15) is 88.7 Å². The molecule has 1 saturated carbocycles. The molecule has 14 heteroatoms. The van der Waals surface area contributed by atoms with Gasteiger partial charge in [-0.05, 0) is 133 Å². The molecule has 0 aliphatic heterocycles. The number of ether oxygens (including phenoxy) is 3. The molecule has 1 aliphatic rings. The lowest BCUT2D eigenvalue weighted by molar-refractivity contribution is -0.130. The number of amides is 3. The molecule has 1 heterocycles. The molecule has 56 heavy (non-hydrogen) atoms. The number of aryl methyl sites for hydroxylation is 1. The fraction of sp³-hybridized carbons (Fsp3) is 0.452. The smallest absolute Gasteiger partial charge is 0.437 e. The number of nitrogens with zero attached hydrogens (tertiary/aromatic N) is 3. The van der Waals surface area contributed by atoms with Crippen LogP contribution in [0.3, 0.4) is 0 Å². The minimum Gasteiger partial charge on any atom is -0.465 e. The third-order valence-electron chi connectivity index (χ3n) is 9.42. The summed E-state index contributed by atoms with van der Waals surface area (Å²) in [6.45, 7) is 13.1. The van der Waals surface area contributed by atoms with Gasteiger partial charge in [0.15, 0.2) is 0 Å². The van der Waals surface area contributed by atoms with Crippen molar-refractivity contribution in [2.75, 3.05) is 19.0 Å². The Morgan fingerprint density at radius 2 is 1.54 bits per heavy atom. The van der Waals surface area contributed by atoms with Crippen molar-refractivity contribution < 1.29 is 38.2 Å². The summed E-state index contributed by atoms with van der Waals surface area (Å²) in [6.07, 6.45) is 1.81. The van der Waals surface area contributed by atoms with Gasteiger partial charge in [-0.1, -0.05) is 35.5 Å². The minimum absolute atomic E-state index is 0.211. The highest BCUT2D eigenvalue weighted by molar-refractivity contribution is 5.99. The molecular weight excluding hydrogens is 716 g/mol. The molecular formula is C42H52N6O8. The molecule has 0 bridgehead atoms. The number of aromatic nitrogens is 3. The van der Waals surface area contributed by atoms with Gasteiger partial charge in [-0.15, -0.1) is 9.78 Å². The first-order chi connectivity index (χ1) is 26.4. The van der Waals surface area contributed by atoms with Gasteiger partial charge in [0.05, 0.1) is 12.7 Å². The number of esters is 1. The fourth-order valence-electron chi connectivity index (χ4n) is 6.63. The normalized spacial score (nSPS) is 16.4. The number of benzene rings is 3. The molecule has 298 valence electrons. The van der Waals surface area contributed by atoms with Gasteiger partial charge in [-0.2, -0.15) is 0 Å². The number of nitrogens with one attached hydrogen (secondary N) is 3. The fourth-order valence-corrected chi connectivity index (χ4v) is 6.63. The van der Waals surface area contributed by atoms with Crippen molar-refractivity contribution in [1.29, 1.82) is 0 Å². The number of methoxy groups -OCH3 is 1. The summed E-state index contributed by atoms with van der Waals surface area (Å²) in [7, 11) is 1.35. The van der Waals surface area contributed by atoms with E-state index in [4.69, 9.17) is 14.2 Å². The van der Waals surface area contributed by atoms with Crippen LogP contribution in [0.5, 0.6) is 0 Å². The van der Waals surface area contributed by atoms with Crippen molar-refractivity contribution >= 4 is 46.7 Å². The number of anilines is 1. The zero-order valence-corrected chi connectivity index (χ0v) is 33.4. The van der Waals surface area contributed by atoms with E-state index in [1.807, 2.05) is 58.0 Å². The summed E-state index contributed by atoms with van der Waals surface area (Å²) in [5.74, 6) is -1.12. The van der Waals surface area contributed by atoms with E-state index in [2.05, 4.69) is 26.3 Å². The highest BCUT2D eigenvalue weighted by atomic mass is 16.6. The first-order valence-electron chi connectivity index (χ1n) is 18.8. The minimum atomic E-state index is -0.922. The van der Waals surface area contributed by atoms with E-state index in [9.17, 15) is 24.0 Å². The van der Waals surface area contributed by atoms with E-state index in [1.165, 1.54) is 7.11 Å². The Labute approximate surface area is 327 Å². The van der Waals surface area contributed by atoms with Gasteiger partial charge < -0.3 is 30.2 Å². The van der Waals surface area contributed by atoms with Crippen LogP contribution in [0.2, 0.25) is 0 Å². The molecule has 0 saturated heterocycles. The summed E-state index contributed by atoms with van der Waals surface area (Å²) in [5.41, 5.74) is 3.96. The molecule has 1 atom stereocenters. The molecule has 0 unspecified atom stereocenters. The highest BCUT2D eigenvalue weighted by Crippen LogP contribution is 2.30. The molecule has 3 N–H and O–H groups in total. The standard InChI is InChI=1S/C42H52N6O8/c1-25-21-30(38(51)54-8)17-19-32(25)28-13-9-26(10-14-28)22-34(45-36(49)29-15-11-27(12-16-29)24-43-39(52)55-41(2,3)4)37(50)44-31-18-20-35-33(23-31)46-47-48(35)40(53)56-42(5,6)7/h9-10,13-14,17-21,23,27,29,34H,11-12,15-16,22,24H2,1-8H3,(H,43,52)(H,44,50)(H,45,49)/t27?,29?,34-/m0/s1. The second-order valence-electron chi connectivity index (χ2n) is 16.3. The van der Waals surface area contributed by atoms with E-state index >= 15 is 0 Å². The lowest BCUT2D eigenvalue weighted by Crippen LogP contribution is -2.48. The molecule has 0 spiro atoms. The average molecular weight is 769 g/mol. The van der Waals surface area contributed by atoms with Gasteiger partial charge in [-0.3, -0.25) is 9.59 Å². The summed E-state index contributed by atoms with van der Waals surface area (Å²) < 4.78 is 16.7. The predicted molar refractivity (Wildman–Crippen MR) is 211 cm³/mol. The Morgan fingerprint density at radius 1 is 0.857 bits per heavy atom. The molecule has 4 aromatic rings. The second-order valence-corrected chi connectivity index (χ2v) is 16.3. The molecule has 5 rings (SSSR count). The lowest BCUT2D eigenvalue weighted by Gasteiger charge is -2.29. The van der Waals surface area contributed by atoms with Crippen molar-refractivity contribution in [2.24, 2.45) is 11.8 Å². The summed E-state index contributed by atoms with van der Waals surface area (Å²) in [4.78, 5) is 64.5. The van der Waals surface area contributed by atoms with Crippen LogP contribution in [-0.4, -0.2) is 75.9 Å². The molecule has 3 amide bonds. The molecule has 14 nitrogen and oxygen atoms in total. The van der Waals surface area contributed by atoms with E-state index < -0.39 is 41.3 Å². The number of carbonyl (C=O) groups excluding carboxylic acids is 5. The van der Waals surface area contributed by atoms with E-state index in [-0.39, 0.29) is 24.2 Å². The van der Waals surface area contributed by atoms with Gasteiger partial charge in [0.25, 0.3) is 0 Å². The first kappa shape index (κ1) is 41.4. The predicted octanol–water partition coefficient (Wildman–Crippen LogP) is 6.97. The Bertz CT molecular complexity index is 2070. The van der Waals surface area contributed by atoms with Gasteiger partial charge in [0.1, 0.15) is 28.3 Å². The Hall–Kier alpha value is -5.79. The third kappa shape index (κ3) is 11.1. The maximum Gasteiger partial charge on any atom is 0.437 e. The SMILES string of the molecule is COC(=O)c1ccc(-c2ccc(C[C@H](NC(=O)C3CCC(CNC(=O)OC(C)(C)C)CC3)C(=O)Nc3ccc4c(c3)nnn4C(=O)OC(C)(C)C)cc2)c(C)c1. The maximum absolute atomic E-state index is 14.0. The quantitative estimate of drug-likeness (QED) is 0.113. The Kier molecular flexibility index (Phi) is 12.8. The summed E-state index contributed by atoms with van der Waals surface area (Å²) in [6, 6.07) is 17.0. The lowest BCUT2D eigenvalue weighted by atomic mass is 9.81. The van der Waals surface area contributed by atoms with Crippen molar-refractivity contribution in [2.45, 2.75) is 97.8 Å². The topological polar surface area (TPSA) is 180 Å². The molecule has 1 aliphatic carbocycles. The average Bonchev–Trinajstić information content (AvgIpc) is 3.56. The number of hydrogen-bond donors (Lipinski definition) is 3. The largest absolute Gasteiger partial charge is 0.465 e. The van der Waals surface area contributed by atoms with Crippen molar-refractivity contribution in [3.05, 3.63) is 77.4 Å². The van der Waals surface area contributed by atoms with Crippen LogP contribution >= 0.6 is 0 Å². The monoisotopic (exact) mass is 768 g/mol.